The fraction of sp³-hybridized carbons (Fsp3) is 0.353. The Morgan fingerprint density at radius 3 is 2.58 bits per heavy atom. The molecule has 5 N–H and O–H groups in total. The molecule has 1 aliphatic heterocycles. The summed E-state index contributed by atoms with van der Waals surface area (Å²) in [6.07, 6.45) is -3.42. The van der Waals surface area contributed by atoms with Crippen LogP contribution in [-0.2, 0) is 10.5 Å². The van der Waals surface area contributed by atoms with Crippen LogP contribution in [0.25, 0.3) is 0 Å². The molecular formula is C17H19N3O6. The number of aryl methyl sites for hydroxylation is 1. The van der Waals surface area contributed by atoms with E-state index in [0.717, 1.165) is 4.57 Å². The molecule has 2 heterocycles. The number of nitrogens with two attached hydrogens (primary N) is 1. The Bertz CT molecular complexity index is 884. The van der Waals surface area contributed by atoms with Crippen LogP contribution in [0.15, 0.2) is 41.3 Å². The molecule has 138 valence electrons. The van der Waals surface area contributed by atoms with Crippen molar-refractivity contribution in [3.8, 4) is 0 Å². The van der Waals surface area contributed by atoms with Crippen molar-refractivity contribution >= 4 is 11.6 Å². The predicted octanol–water partition coefficient (Wildman–Crippen LogP) is -1.22. The Hall–Kier alpha value is -2.59. The molecule has 3 rings (SSSR count). The first-order chi connectivity index (χ1) is 12.3. The first kappa shape index (κ1) is 18.2. The zero-order valence-electron chi connectivity index (χ0n) is 13.9. The van der Waals surface area contributed by atoms with Crippen molar-refractivity contribution in [2.45, 2.75) is 31.0 Å². The number of aliphatic hydroxyl groups excluding tert-OH is 3. The monoisotopic (exact) mass is 361 g/mol. The highest BCUT2D eigenvalue weighted by Gasteiger charge is 2.60. The largest absolute Gasteiger partial charge is 0.394 e. The van der Waals surface area contributed by atoms with Gasteiger partial charge >= 0.3 is 5.69 Å². The van der Waals surface area contributed by atoms with Crippen LogP contribution in [0, 0.1) is 6.92 Å². The highest BCUT2D eigenvalue weighted by Crippen LogP contribution is 2.38. The summed E-state index contributed by atoms with van der Waals surface area (Å²) < 4.78 is 6.40. The number of ether oxygens (including phenoxy) is 1. The third-order valence-corrected chi connectivity index (χ3v) is 4.48. The van der Waals surface area contributed by atoms with E-state index in [4.69, 9.17) is 10.5 Å². The molecule has 0 amide bonds. The van der Waals surface area contributed by atoms with E-state index >= 15 is 0 Å². The summed E-state index contributed by atoms with van der Waals surface area (Å²) in [4.78, 5) is 29.3. The molecule has 0 spiro atoms. The quantitative estimate of drug-likeness (QED) is 0.496. The van der Waals surface area contributed by atoms with Gasteiger partial charge < -0.3 is 25.8 Å². The molecule has 1 saturated heterocycles. The number of Topliss-reactive ketones (excluding diaryl/α,β-unsaturated/α-hetero) is 1. The van der Waals surface area contributed by atoms with Gasteiger partial charge in [-0.25, -0.2) is 4.79 Å². The maximum absolute atomic E-state index is 13.2. The van der Waals surface area contributed by atoms with Crippen LogP contribution >= 0.6 is 0 Å². The number of carbonyl (C=O) groups is 1. The SMILES string of the molecule is Cc1cn([C@]2(C(=O)c3ccccc3)O[C@H](CO)[C@@H](O)[C@H]2O)c(=O)nc1N. The number of hydrogen-bond acceptors (Lipinski definition) is 8. The molecule has 1 aromatic heterocycles. The fourth-order valence-corrected chi connectivity index (χ4v) is 3.04. The predicted molar refractivity (Wildman–Crippen MR) is 90.4 cm³/mol. The molecule has 9 heteroatoms. The van der Waals surface area contributed by atoms with Crippen LogP contribution < -0.4 is 11.4 Å². The third-order valence-electron chi connectivity index (χ3n) is 4.48. The van der Waals surface area contributed by atoms with E-state index in [1.165, 1.54) is 18.3 Å². The van der Waals surface area contributed by atoms with Crippen LogP contribution in [0.2, 0.25) is 0 Å². The Labute approximate surface area is 148 Å². The lowest BCUT2D eigenvalue weighted by Crippen LogP contribution is -2.56. The van der Waals surface area contributed by atoms with Crippen LogP contribution in [0.1, 0.15) is 15.9 Å². The number of nitrogens with zero attached hydrogens (tertiary/aromatic N) is 2. The number of aliphatic hydroxyl groups is 3. The van der Waals surface area contributed by atoms with E-state index in [0.29, 0.717) is 5.56 Å². The number of benzene rings is 1. The van der Waals surface area contributed by atoms with Gasteiger partial charge in [0.05, 0.1) is 6.61 Å². The molecule has 1 aliphatic rings. The van der Waals surface area contributed by atoms with Crippen molar-refractivity contribution in [1.82, 2.24) is 9.55 Å². The summed E-state index contributed by atoms with van der Waals surface area (Å²) >= 11 is 0. The lowest BCUT2D eigenvalue weighted by atomic mass is 9.93. The number of aromatic nitrogens is 2. The van der Waals surface area contributed by atoms with Crippen molar-refractivity contribution in [1.29, 1.82) is 0 Å². The Morgan fingerprint density at radius 1 is 1.35 bits per heavy atom. The third kappa shape index (κ3) is 2.61. The normalized spacial score (nSPS) is 28.2. The maximum Gasteiger partial charge on any atom is 0.352 e. The van der Waals surface area contributed by atoms with Crippen LogP contribution in [0.5, 0.6) is 0 Å². The van der Waals surface area contributed by atoms with E-state index in [-0.39, 0.29) is 11.4 Å². The van der Waals surface area contributed by atoms with Crippen molar-refractivity contribution < 1.29 is 24.9 Å². The minimum absolute atomic E-state index is 0.0275. The zero-order valence-corrected chi connectivity index (χ0v) is 13.9. The molecule has 4 atom stereocenters. The molecule has 9 nitrogen and oxygen atoms in total. The topological polar surface area (TPSA) is 148 Å². The number of nitrogen functional groups attached to an aromatic ring is 1. The van der Waals surface area contributed by atoms with E-state index < -0.39 is 42.1 Å². The van der Waals surface area contributed by atoms with E-state index in [1.807, 2.05) is 0 Å². The molecule has 2 aromatic rings. The van der Waals surface area contributed by atoms with Crippen LogP contribution in [-0.4, -0.2) is 55.6 Å². The van der Waals surface area contributed by atoms with Gasteiger partial charge in [0.25, 0.3) is 0 Å². The van der Waals surface area contributed by atoms with Gasteiger partial charge in [-0.05, 0) is 6.92 Å². The molecule has 0 bridgehead atoms. The summed E-state index contributed by atoms with van der Waals surface area (Å²) in [7, 11) is 0. The van der Waals surface area contributed by atoms with Gasteiger partial charge in [-0.3, -0.25) is 9.36 Å². The van der Waals surface area contributed by atoms with E-state index in [9.17, 15) is 24.9 Å². The lowest BCUT2D eigenvalue weighted by Gasteiger charge is -2.32. The van der Waals surface area contributed by atoms with Gasteiger partial charge in [0.1, 0.15) is 24.1 Å². The number of anilines is 1. The van der Waals surface area contributed by atoms with E-state index in [1.54, 1.807) is 25.1 Å². The Morgan fingerprint density at radius 2 is 2.00 bits per heavy atom. The smallest absolute Gasteiger partial charge is 0.352 e. The average molecular weight is 361 g/mol. The van der Waals surface area contributed by atoms with Crippen LogP contribution in [0.3, 0.4) is 0 Å². The summed E-state index contributed by atoms with van der Waals surface area (Å²) in [5.41, 5.74) is 2.95. The first-order valence-corrected chi connectivity index (χ1v) is 7.93. The van der Waals surface area contributed by atoms with Crippen molar-refractivity contribution in [3.05, 3.63) is 58.1 Å². The van der Waals surface area contributed by atoms with E-state index in [2.05, 4.69) is 4.98 Å². The van der Waals surface area contributed by atoms with Crippen LogP contribution in [0.4, 0.5) is 5.82 Å². The molecule has 0 aliphatic carbocycles. The number of ketones is 1. The van der Waals surface area contributed by atoms with Crippen molar-refractivity contribution in [2.24, 2.45) is 0 Å². The molecule has 1 fully saturated rings. The van der Waals surface area contributed by atoms with Crippen molar-refractivity contribution in [2.75, 3.05) is 12.3 Å². The average Bonchev–Trinajstić information content (AvgIpc) is 2.90. The highest BCUT2D eigenvalue weighted by atomic mass is 16.6. The minimum Gasteiger partial charge on any atom is -0.394 e. The highest BCUT2D eigenvalue weighted by molar-refractivity contribution is 6.01. The summed E-state index contributed by atoms with van der Waals surface area (Å²) in [5, 5.41) is 30.3. The molecule has 0 radical (unpaired) electrons. The van der Waals surface area contributed by atoms with Gasteiger partial charge in [0.15, 0.2) is 0 Å². The Kier molecular flexibility index (Phi) is 4.63. The Balaban J connectivity index is 2.26. The molecule has 1 aromatic carbocycles. The van der Waals surface area contributed by atoms with Gasteiger partial charge in [0.2, 0.25) is 11.5 Å². The number of rotatable bonds is 4. The zero-order chi connectivity index (χ0) is 19.1. The second kappa shape index (κ2) is 6.61. The van der Waals surface area contributed by atoms with Gasteiger partial charge in [-0.1, -0.05) is 30.3 Å². The van der Waals surface area contributed by atoms with Gasteiger partial charge in [-0.15, -0.1) is 0 Å². The molecular weight excluding hydrogens is 342 g/mol. The minimum atomic E-state index is -2.28. The molecule has 26 heavy (non-hydrogen) atoms. The summed E-state index contributed by atoms with van der Waals surface area (Å²) in [6, 6.07) is 7.89. The summed E-state index contributed by atoms with van der Waals surface area (Å²) in [5.74, 6) is -0.783. The standard InChI is InChI=1S/C17H19N3O6/c1-9-7-20(16(25)19-15(9)18)17(13(23)10-5-3-2-4-6-10)14(24)12(22)11(8-21)26-17/h2-7,11-12,14,21-22,24H,8H2,1H3,(H2,18,19,25)/t11-,12-,14-,17-/m1/s1. The van der Waals surface area contributed by atoms with Gasteiger partial charge in [0, 0.05) is 17.3 Å². The molecule has 0 saturated carbocycles. The summed E-state index contributed by atoms with van der Waals surface area (Å²) in [6.45, 7) is 0.915. The molecule has 0 unspecified atom stereocenters. The second-order valence-electron chi connectivity index (χ2n) is 6.13. The first-order valence-electron chi connectivity index (χ1n) is 7.93. The lowest BCUT2D eigenvalue weighted by molar-refractivity contribution is -0.117. The number of hydrogen-bond donors (Lipinski definition) is 4. The fourth-order valence-electron chi connectivity index (χ4n) is 3.04. The van der Waals surface area contributed by atoms with Gasteiger partial charge in [-0.2, -0.15) is 4.98 Å². The van der Waals surface area contributed by atoms with Crippen molar-refractivity contribution in [3.63, 3.8) is 0 Å². The second-order valence-corrected chi connectivity index (χ2v) is 6.13. The maximum atomic E-state index is 13.2. The number of carbonyl (C=O) groups excluding carboxylic acids is 1.